The van der Waals surface area contributed by atoms with Gasteiger partial charge in [0.2, 0.25) is 11.8 Å². The van der Waals surface area contributed by atoms with Gasteiger partial charge in [-0.3, -0.25) is 19.2 Å². The Kier molecular flexibility index (Phi) is 7.72. The smallest absolute Gasteiger partial charge is 0.342 e. The van der Waals surface area contributed by atoms with Gasteiger partial charge in [-0.1, -0.05) is 12.1 Å². The van der Waals surface area contributed by atoms with Gasteiger partial charge in [-0.25, -0.2) is 4.39 Å². The van der Waals surface area contributed by atoms with Crippen molar-refractivity contribution in [1.82, 2.24) is 10.6 Å². The van der Waals surface area contributed by atoms with Crippen LogP contribution >= 0.6 is 0 Å². The molecule has 0 radical (unpaired) electrons. The fourth-order valence-electron chi connectivity index (χ4n) is 4.92. The summed E-state index contributed by atoms with van der Waals surface area (Å²) in [5.41, 5.74) is -5.13. The highest BCUT2D eigenvalue weighted by molar-refractivity contribution is 6.13. The van der Waals surface area contributed by atoms with Crippen molar-refractivity contribution in [2.75, 3.05) is 4.90 Å². The van der Waals surface area contributed by atoms with Crippen molar-refractivity contribution in [2.24, 2.45) is 0 Å². The van der Waals surface area contributed by atoms with Gasteiger partial charge in [-0.05, 0) is 73.0 Å². The Labute approximate surface area is 245 Å². The minimum Gasteiger partial charge on any atom is -0.342 e. The van der Waals surface area contributed by atoms with Gasteiger partial charge in [0.15, 0.2) is 5.78 Å². The molecule has 1 fully saturated rings. The minimum atomic E-state index is -5.12. The summed E-state index contributed by atoms with van der Waals surface area (Å²) in [6.45, 7) is -0.783. The first-order valence-corrected chi connectivity index (χ1v) is 13.2. The van der Waals surface area contributed by atoms with E-state index in [4.69, 9.17) is 0 Å². The lowest BCUT2D eigenvalue weighted by Crippen LogP contribution is -2.55. The fraction of sp³-hybridized carbons (Fsp3) is 0.267. The molecule has 1 aliphatic heterocycles. The number of benzene rings is 3. The first-order chi connectivity index (χ1) is 20.6. The minimum absolute atomic E-state index is 0.0219. The highest BCUT2D eigenvalue weighted by Gasteiger charge is 2.52. The summed E-state index contributed by atoms with van der Waals surface area (Å²) < 4.78 is 94.2. The number of rotatable bonds is 6. The lowest BCUT2D eigenvalue weighted by Gasteiger charge is -2.28. The van der Waals surface area contributed by atoms with Crippen LogP contribution in [0.1, 0.15) is 56.7 Å². The van der Waals surface area contributed by atoms with E-state index in [-0.39, 0.29) is 35.7 Å². The highest BCUT2D eigenvalue weighted by atomic mass is 19.4. The van der Waals surface area contributed by atoms with Crippen molar-refractivity contribution in [3.8, 4) is 0 Å². The van der Waals surface area contributed by atoms with Gasteiger partial charge in [-0.15, -0.1) is 0 Å². The Morgan fingerprint density at radius 2 is 1.45 bits per heavy atom. The van der Waals surface area contributed by atoms with Gasteiger partial charge in [0.05, 0.1) is 23.4 Å². The van der Waals surface area contributed by atoms with Crippen LogP contribution in [-0.2, 0) is 28.5 Å². The summed E-state index contributed by atoms with van der Waals surface area (Å²) in [6, 6.07) is 9.46. The molecule has 5 rings (SSSR count). The lowest BCUT2D eigenvalue weighted by atomic mass is 10.0. The number of hydrogen-bond acceptors (Lipinski definition) is 4. The summed E-state index contributed by atoms with van der Waals surface area (Å²) in [4.78, 5) is 53.8. The SMILES string of the molecule is O=C(NC1(C(=O)N[C@@H]2CC(=O)c3ccccc3N(Cc3cc(C(F)(F)F)cc(C(F)(F)F)c3)C2=O)CC1)c1ccc(F)cc1. The van der Waals surface area contributed by atoms with E-state index in [1.165, 1.54) is 36.4 Å². The largest absolute Gasteiger partial charge is 0.416 e. The number of nitrogens with one attached hydrogen (secondary N) is 2. The number of amides is 3. The molecule has 2 N–H and O–H groups in total. The average molecular weight is 622 g/mol. The first kappa shape index (κ1) is 30.7. The molecule has 14 heteroatoms. The number of nitrogens with zero attached hydrogens (tertiary/aromatic N) is 1. The molecule has 7 nitrogen and oxygen atoms in total. The third-order valence-electron chi connectivity index (χ3n) is 7.39. The Balaban J connectivity index is 1.44. The van der Waals surface area contributed by atoms with E-state index in [2.05, 4.69) is 10.6 Å². The second-order valence-electron chi connectivity index (χ2n) is 10.6. The maximum absolute atomic E-state index is 13.8. The number of anilines is 1. The highest BCUT2D eigenvalue weighted by Crippen LogP contribution is 2.39. The van der Waals surface area contributed by atoms with E-state index in [1.807, 2.05) is 0 Å². The van der Waals surface area contributed by atoms with Gasteiger partial charge in [0.1, 0.15) is 17.4 Å². The van der Waals surface area contributed by atoms with E-state index in [9.17, 15) is 49.9 Å². The van der Waals surface area contributed by atoms with Crippen molar-refractivity contribution < 1.29 is 49.9 Å². The zero-order chi connectivity index (χ0) is 32.0. The normalized spacial score (nSPS) is 17.9. The Bertz CT molecular complexity index is 1620. The van der Waals surface area contributed by atoms with Crippen molar-refractivity contribution >= 4 is 29.2 Å². The number of carbonyl (C=O) groups excluding carboxylic acids is 4. The molecule has 0 unspecified atom stereocenters. The molecule has 2 aliphatic rings. The zero-order valence-corrected chi connectivity index (χ0v) is 22.5. The van der Waals surface area contributed by atoms with E-state index in [0.29, 0.717) is 12.1 Å². The standard InChI is InChI=1S/C30H22F7N3O4/c31-20-7-5-17(6-8-20)25(42)39-28(9-10-28)27(44)38-22-14-24(41)21-3-1-2-4-23(21)40(26(22)43)15-16-11-18(29(32,33)34)13-19(12-16)30(35,36)37/h1-8,11-13,22H,9-10,14-15H2,(H,38,44)(H,39,42)/t22-/m1/s1. The summed E-state index contributed by atoms with van der Waals surface area (Å²) >= 11 is 0. The van der Waals surface area contributed by atoms with Crippen LogP contribution in [-0.4, -0.2) is 35.1 Å². The topological polar surface area (TPSA) is 95.6 Å². The third-order valence-corrected chi connectivity index (χ3v) is 7.39. The van der Waals surface area contributed by atoms with E-state index >= 15 is 0 Å². The molecule has 0 spiro atoms. The molecule has 1 aliphatic carbocycles. The summed E-state index contributed by atoms with van der Waals surface area (Å²) in [6.07, 6.45) is -10.5. The van der Waals surface area contributed by atoms with Gasteiger partial charge in [-0.2, -0.15) is 26.3 Å². The van der Waals surface area contributed by atoms with E-state index in [1.54, 1.807) is 0 Å². The predicted molar refractivity (Wildman–Crippen MR) is 141 cm³/mol. The number of Topliss-reactive ketones (excluding diaryl/α,β-unsaturated/α-hetero) is 1. The molecule has 3 amide bonds. The predicted octanol–water partition coefficient (Wildman–Crippen LogP) is 5.43. The van der Waals surface area contributed by atoms with Gasteiger partial charge in [0, 0.05) is 17.5 Å². The molecule has 1 saturated carbocycles. The molecular weight excluding hydrogens is 599 g/mol. The summed E-state index contributed by atoms with van der Waals surface area (Å²) in [7, 11) is 0. The van der Waals surface area contributed by atoms with E-state index in [0.717, 1.165) is 17.0 Å². The quantitative estimate of drug-likeness (QED) is 0.359. The Morgan fingerprint density at radius 1 is 0.864 bits per heavy atom. The molecular formula is C30H22F7N3O4. The van der Waals surface area contributed by atoms with Crippen LogP contribution in [0.15, 0.2) is 66.7 Å². The summed E-state index contributed by atoms with van der Waals surface area (Å²) in [5.74, 6) is -3.66. The molecule has 0 bridgehead atoms. The van der Waals surface area contributed by atoms with Gasteiger partial charge in [0.25, 0.3) is 5.91 Å². The maximum atomic E-state index is 13.8. The van der Waals surface area contributed by atoms with Crippen LogP contribution in [0.4, 0.5) is 36.4 Å². The number of alkyl halides is 6. The molecule has 44 heavy (non-hydrogen) atoms. The van der Waals surface area contributed by atoms with Crippen LogP contribution in [0.25, 0.3) is 0 Å². The van der Waals surface area contributed by atoms with Crippen LogP contribution in [0, 0.1) is 5.82 Å². The monoisotopic (exact) mass is 621 g/mol. The van der Waals surface area contributed by atoms with Crippen LogP contribution < -0.4 is 15.5 Å². The number of carbonyl (C=O) groups is 4. The second-order valence-corrected chi connectivity index (χ2v) is 10.6. The number of hydrogen-bond donors (Lipinski definition) is 2. The molecule has 1 heterocycles. The first-order valence-electron chi connectivity index (χ1n) is 13.2. The molecule has 1 atom stereocenters. The number of ketones is 1. The average Bonchev–Trinajstić information content (AvgIpc) is 3.75. The number of para-hydroxylation sites is 1. The molecule has 0 saturated heterocycles. The number of halogens is 7. The van der Waals surface area contributed by atoms with Gasteiger partial charge < -0.3 is 15.5 Å². The van der Waals surface area contributed by atoms with Crippen LogP contribution in [0.5, 0.6) is 0 Å². The molecule has 0 aromatic heterocycles. The van der Waals surface area contributed by atoms with Crippen LogP contribution in [0.2, 0.25) is 0 Å². The lowest BCUT2D eigenvalue weighted by molar-refractivity contribution is -0.143. The van der Waals surface area contributed by atoms with Crippen LogP contribution in [0.3, 0.4) is 0 Å². The Hall–Kier alpha value is -4.75. The molecule has 3 aromatic carbocycles. The van der Waals surface area contributed by atoms with Gasteiger partial charge >= 0.3 is 12.4 Å². The van der Waals surface area contributed by atoms with E-state index < -0.39 is 82.9 Å². The zero-order valence-electron chi connectivity index (χ0n) is 22.5. The van der Waals surface area contributed by atoms with Crippen molar-refractivity contribution in [2.45, 2.75) is 49.7 Å². The Morgan fingerprint density at radius 3 is 2.02 bits per heavy atom. The number of fused-ring (bicyclic) bond motifs is 1. The molecule has 3 aromatic rings. The third kappa shape index (κ3) is 6.29. The van der Waals surface area contributed by atoms with Crippen molar-refractivity contribution in [3.05, 3.63) is 100 Å². The maximum Gasteiger partial charge on any atom is 0.416 e. The van der Waals surface area contributed by atoms with Crippen molar-refractivity contribution in [3.63, 3.8) is 0 Å². The summed E-state index contributed by atoms with van der Waals surface area (Å²) in [5, 5.41) is 4.99. The second kappa shape index (κ2) is 11.1. The fourth-order valence-corrected chi connectivity index (χ4v) is 4.92. The van der Waals surface area contributed by atoms with Crippen molar-refractivity contribution in [1.29, 1.82) is 0 Å². The molecule has 230 valence electrons.